The van der Waals surface area contributed by atoms with E-state index in [9.17, 15) is 9.18 Å². The van der Waals surface area contributed by atoms with Gasteiger partial charge >= 0.3 is 5.97 Å². The standard InChI is InChI=1S/C17H17FN4O2S/c1-3-24-17(23)13-9-19-22-7-6-15(20-16(13)22)21(2)10-11-8-12(18)4-5-14(11)25/h4-9,25H,3,10H2,1-2H3. The molecule has 130 valence electrons. The van der Waals surface area contributed by atoms with Crippen molar-refractivity contribution in [1.82, 2.24) is 14.6 Å². The molecule has 25 heavy (non-hydrogen) atoms. The number of fused-ring (bicyclic) bond motifs is 1. The van der Waals surface area contributed by atoms with E-state index in [1.807, 2.05) is 11.9 Å². The molecule has 0 fully saturated rings. The summed E-state index contributed by atoms with van der Waals surface area (Å²) < 4.78 is 20.0. The number of anilines is 1. The van der Waals surface area contributed by atoms with Crippen molar-refractivity contribution in [2.45, 2.75) is 18.4 Å². The molecule has 0 spiro atoms. The maximum atomic E-state index is 13.4. The average molecular weight is 360 g/mol. The quantitative estimate of drug-likeness (QED) is 0.560. The Morgan fingerprint density at radius 1 is 1.40 bits per heavy atom. The zero-order valence-corrected chi connectivity index (χ0v) is 14.7. The summed E-state index contributed by atoms with van der Waals surface area (Å²) in [5, 5.41) is 4.11. The number of thiol groups is 1. The van der Waals surface area contributed by atoms with Gasteiger partial charge in [-0.1, -0.05) is 0 Å². The van der Waals surface area contributed by atoms with E-state index in [0.29, 0.717) is 28.5 Å². The highest BCUT2D eigenvalue weighted by atomic mass is 32.1. The number of benzene rings is 1. The summed E-state index contributed by atoms with van der Waals surface area (Å²) in [7, 11) is 1.83. The van der Waals surface area contributed by atoms with Gasteiger partial charge in [-0.15, -0.1) is 12.6 Å². The van der Waals surface area contributed by atoms with Crippen molar-refractivity contribution >= 4 is 30.1 Å². The van der Waals surface area contributed by atoms with Crippen molar-refractivity contribution in [3.8, 4) is 0 Å². The Kier molecular flexibility index (Phi) is 4.89. The number of halogens is 1. The summed E-state index contributed by atoms with van der Waals surface area (Å²) in [6, 6.07) is 6.20. The van der Waals surface area contributed by atoms with Gasteiger partial charge in [0.15, 0.2) is 5.65 Å². The molecule has 0 saturated heterocycles. The van der Waals surface area contributed by atoms with E-state index in [4.69, 9.17) is 4.74 Å². The fraction of sp³-hybridized carbons (Fsp3) is 0.235. The number of ether oxygens (including phenoxy) is 1. The van der Waals surface area contributed by atoms with Gasteiger partial charge in [-0.2, -0.15) is 5.10 Å². The first-order chi connectivity index (χ1) is 12.0. The number of rotatable bonds is 5. The Morgan fingerprint density at radius 2 is 2.20 bits per heavy atom. The number of hydrogen-bond donors (Lipinski definition) is 1. The molecular weight excluding hydrogens is 343 g/mol. The second-order valence-electron chi connectivity index (χ2n) is 5.46. The molecule has 2 heterocycles. The molecule has 3 rings (SSSR count). The lowest BCUT2D eigenvalue weighted by atomic mass is 10.2. The van der Waals surface area contributed by atoms with Crippen LogP contribution in [-0.2, 0) is 11.3 Å². The van der Waals surface area contributed by atoms with Gasteiger partial charge in [0, 0.05) is 24.7 Å². The molecule has 0 unspecified atom stereocenters. The van der Waals surface area contributed by atoms with Crippen LogP contribution < -0.4 is 4.90 Å². The molecule has 0 aliphatic rings. The smallest absolute Gasteiger partial charge is 0.343 e. The van der Waals surface area contributed by atoms with E-state index in [0.717, 1.165) is 5.56 Å². The minimum atomic E-state index is -0.465. The summed E-state index contributed by atoms with van der Waals surface area (Å²) in [6.07, 6.45) is 3.15. The fourth-order valence-electron chi connectivity index (χ4n) is 2.44. The van der Waals surface area contributed by atoms with Crippen LogP contribution in [0.1, 0.15) is 22.8 Å². The fourth-order valence-corrected chi connectivity index (χ4v) is 2.65. The minimum absolute atomic E-state index is 0.278. The molecule has 0 aliphatic heterocycles. The van der Waals surface area contributed by atoms with E-state index in [1.165, 1.54) is 22.8 Å². The second-order valence-corrected chi connectivity index (χ2v) is 5.94. The van der Waals surface area contributed by atoms with Gasteiger partial charge in [0.05, 0.1) is 12.8 Å². The van der Waals surface area contributed by atoms with Crippen LogP contribution in [0.4, 0.5) is 10.2 Å². The van der Waals surface area contributed by atoms with Crippen LogP contribution in [0.25, 0.3) is 5.65 Å². The summed E-state index contributed by atoms with van der Waals surface area (Å²) in [5.41, 5.74) is 1.46. The largest absolute Gasteiger partial charge is 0.462 e. The van der Waals surface area contributed by atoms with Crippen molar-refractivity contribution in [1.29, 1.82) is 0 Å². The Balaban J connectivity index is 1.91. The molecule has 8 heteroatoms. The summed E-state index contributed by atoms with van der Waals surface area (Å²) in [4.78, 5) is 19.0. The maximum absolute atomic E-state index is 13.4. The van der Waals surface area contributed by atoms with Gasteiger partial charge in [0.25, 0.3) is 0 Å². The van der Waals surface area contributed by atoms with Crippen molar-refractivity contribution < 1.29 is 13.9 Å². The molecule has 0 N–H and O–H groups in total. The van der Waals surface area contributed by atoms with Crippen molar-refractivity contribution in [2.24, 2.45) is 0 Å². The molecule has 0 radical (unpaired) electrons. The number of carbonyl (C=O) groups is 1. The molecule has 1 aromatic carbocycles. The minimum Gasteiger partial charge on any atom is -0.462 e. The predicted octanol–water partition coefficient (Wildman–Crippen LogP) is 2.97. The Labute approximate surface area is 149 Å². The lowest BCUT2D eigenvalue weighted by molar-refractivity contribution is 0.0528. The normalized spacial score (nSPS) is 10.9. The van der Waals surface area contributed by atoms with Crippen molar-refractivity contribution in [3.05, 3.63) is 53.6 Å². The third kappa shape index (κ3) is 3.58. The zero-order chi connectivity index (χ0) is 18.0. The molecule has 6 nitrogen and oxygen atoms in total. The van der Waals surface area contributed by atoms with E-state index in [-0.39, 0.29) is 12.4 Å². The van der Waals surface area contributed by atoms with Crippen LogP contribution >= 0.6 is 12.6 Å². The molecule has 0 aliphatic carbocycles. The van der Waals surface area contributed by atoms with Crippen molar-refractivity contribution in [2.75, 3.05) is 18.6 Å². The van der Waals surface area contributed by atoms with Crippen LogP contribution in [0.2, 0.25) is 0 Å². The van der Waals surface area contributed by atoms with E-state index >= 15 is 0 Å². The monoisotopic (exact) mass is 360 g/mol. The lowest BCUT2D eigenvalue weighted by Crippen LogP contribution is -2.18. The zero-order valence-electron chi connectivity index (χ0n) is 13.8. The average Bonchev–Trinajstić information content (AvgIpc) is 3.01. The summed E-state index contributed by atoms with van der Waals surface area (Å²) in [5.74, 6) is -0.159. The molecule has 0 saturated carbocycles. The molecule has 2 aromatic heterocycles. The first-order valence-electron chi connectivity index (χ1n) is 7.69. The van der Waals surface area contributed by atoms with Gasteiger partial charge < -0.3 is 9.64 Å². The van der Waals surface area contributed by atoms with Crippen LogP contribution in [0.3, 0.4) is 0 Å². The third-order valence-corrected chi connectivity index (χ3v) is 4.13. The molecular formula is C17H17FN4O2S. The van der Waals surface area contributed by atoms with Gasteiger partial charge in [0.2, 0.25) is 0 Å². The van der Waals surface area contributed by atoms with Crippen LogP contribution in [-0.4, -0.2) is 34.2 Å². The first-order valence-corrected chi connectivity index (χ1v) is 8.14. The molecule has 0 amide bonds. The van der Waals surface area contributed by atoms with Gasteiger partial charge in [-0.25, -0.2) is 18.7 Å². The van der Waals surface area contributed by atoms with Crippen molar-refractivity contribution in [3.63, 3.8) is 0 Å². The predicted molar refractivity (Wildman–Crippen MR) is 94.7 cm³/mol. The SMILES string of the molecule is CCOC(=O)c1cnn2ccc(N(C)Cc3cc(F)ccc3S)nc12. The highest BCUT2D eigenvalue weighted by Crippen LogP contribution is 2.21. The molecule has 3 aromatic rings. The van der Waals surface area contributed by atoms with Gasteiger partial charge in [-0.05, 0) is 36.8 Å². The third-order valence-electron chi connectivity index (χ3n) is 3.69. The second kappa shape index (κ2) is 7.10. The number of esters is 1. The van der Waals surface area contributed by atoms with Gasteiger partial charge in [-0.3, -0.25) is 0 Å². The Bertz CT molecular complexity index is 928. The van der Waals surface area contributed by atoms with E-state index < -0.39 is 5.97 Å². The van der Waals surface area contributed by atoms with Crippen LogP contribution in [0.15, 0.2) is 41.6 Å². The maximum Gasteiger partial charge on any atom is 0.343 e. The Morgan fingerprint density at radius 3 is 2.96 bits per heavy atom. The number of nitrogens with zero attached hydrogens (tertiary/aromatic N) is 4. The lowest BCUT2D eigenvalue weighted by Gasteiger charge is -2.19. The topological polar surface area (TPSA) is 59.7 Å². The highest BCUT2D eigenvalue weighted by Gasteiger charge is 2.16. The van der Waals surface area contributed by atoms with Crippen LogP contribution in [0.5, 0.6) is 0 Å². The highest BCUT2D eigenvalue weighted by molar-refractivity contribution is 7.80. The summed E-state index contributed by atoms with van der Waals surface area (Å²) in [6.45, 7) is 2.44. The number of aromatic nitrogens is 3. The summed E-state index contributed by atoms with van der Waals surface area (Å²) >= 11 is 4.36. The number of hydrogen-bond acceptors (Lipinski definition) is 6. The number of carbonyl (C=O) groups excluding carboxylic acids is 1. The molecule has 0 bridgehead atoms. The van der Waals surface area contributed by atoms with E-state index in [1.54, 1.807) is 25.3 Å². The first kappa shape index (κ1) is 17.2. The van der Waals surface area contributed by atoms with Gasteiger partial charge in [0.1, 0.15) is 17.2 Å². The van der Waals surface area contributed by atoms with E-state index in [2.05, 4.69) is 22.7 Å². The van der Waals surface area contributed by atoms with Crippen LogP contribution in [0, 0.1) is 5.82 Å². The molecule has 0 atom stereocenters. The Hall–Kier alpha value is -2.61.